The van der Waals surface area contributed by atoms with Crippen LogP contribution in [0.15, 0.2) is 0 Å². The van der Waals surface area contributed by atoms with E-state index in [-0.39, 0.29) is 23.7 Å². The lowest BCUT2D eigenvalue weighted by Crippen LogP contribution is -2.53. The smallest absolute Gasteiger partial charge is 0.410 e. The Kier molecular flexibility index (Phi) is 5.44. The molecule has 1 saturated carbocycles. The Morgan fingerprint density at radius 2 is 1.95 bits per heavy atom. The molecule has 3 N–H and O–H groups in total. The number of rotatable bonds is 3. The summed E-state index contributed by atoms with van der Waals surface area (Å²) in [5.74, 6) is 0. The summed E-state index contributed by atoms with van der Waals surface area (Å²) < 4.78 is 5.42. The van der Waals surface area contributed by atoms with Gasteiger partial charge in [-0.15, -0.1) is 0 Å². The van der Waals surface area contributed by atoms with E-state index in [0.717, 1.165) is 25.7 Å². The van der Waals surface area contributed by atoms with Gasteiger partial charge in [0.15, 0.2) is 0 Å². The Hall–Kier alpha value is -0.810. The van der Waals surface area contributed by atoms with Crippen LogP contribution in [0.1, 0.15) is 53.4 Å². The van der Waals surface area contributed by atoms with Crippen LogP contribution in [0.2, 0.25) is 0 Å². The Morgan fingerprint density at radius 1 is 1.45 bits per heavy atom. The fourth-order valence-corrected chi connectivity index (χ4v) is 2.87. The first kappa shape index (κ1) is 17.2. The molecule has 1 rings (SSSR count). The van der Waals surface area contributed by atoms with E-state index in [0.29, 0.717) is 6.54 Å². The molecular weight excluding hydrogens is 256 g/mol. The fraction of sp³-hybridized carbons (Fsp3) is 0.933. The monoisotopic (exact) mass is 286 g/mol. The van der Waals surface area contributed by atoms with Gasteiger partial charge < -0.3 is 20.5 Å². The molecule has 1 aliphatic rings. The minimum Gasteiger partial charge on any atom is -0.444 e. The minimum atomic E-state index is -0.496. The number of aliphatic hydroxyl groups is 1. The topological polar surface area (TPSA) is 75.8 Å². The van der Waals surface area contributed by atoms with Crippen molar-refractivity contribution in [1.29, 1.82) is 0 Å². The van der Waals surface area contributed by atoms with Gasteiger partial charge in [-0.3, -0.25) is 0 Å². The van der Waals surface area contributed by atoms with Crippen LogP contribution in [-0.4, -0.2) is 47.4 Å². The van der Waals surface area contributed by atoms with Crippen molar-refractivity contribution >= 4 is 6.09 Å². The number of hydrogen-bond donors (Lipinski definition) is 2. The molecule has 1 unspecified atom stereocenters. The van der Waals surface area contributed by atoms with Crippen molar-refractivity contribution in [3.05, 3.63) is 0 Å². The first-order valence-electron chi connectivity index (χ1n) is 7.45. The molecule has 20 heavy (non-hydrogen) atoms. The van der Waals surface area contributed by atoms with Crippen LogP contribution >= 0.6 is 0 Å². The van der Waals surface area contributed by atoms with Gasteiger partial charge >= 0.3 is 6.09 Å². The standard InChI is InChI=1S/C15H30N2O3/c1-11(17(5)13(19)20-14(2,3)4)15(10-16)8-6-12(18)7-9-15/h11-12,18H,6-10,16H2,1-5H3. The third kappa shape index (κ3) is 4.09. The molecule has 0 heterocycles. The predicted molar refractivity (Wildman–Crippen MR) is 79.4 cm³/mol. The quantitative estimate of drug-likeness (QED) is 0.833. The van der Waals surface area contributed by atoms with Gasteiger partial charge in [0.1, 0.15) is 5.60 Å². The van der Waals surface area contributed by atoms with E-state index < -0.39 is 5.60 Å². The average molecular weight is 286 g/mol. The molecule has 0 aromatic rings. The zero-order valence-corrected chi connectivity index (χ0v) is 13.5. The Morgan fingerprint density at radius 3 is 2.35 bits per heavy atom. The number of ether oxygens (including phenoxy) is 1. The molecule has 0 bridgehead atoms. The van der Waals surface area contributed by atoms with Crippen molar-refractivity contribution in [2.45, 2.75) is 71.1 Å². The normalized spacial score (nSPS) is 28.9. The Balaban J connectivity index is 2.75. The molecule has 1 atom stereocenters. The second-order valence-corrected chi connectivity index (χ2v) is 7.06. The molecule has 0 aromatic carbocycles. The molecule has 1 fully saturated rings. The maximum absolute atomic E-state index is 12.2. The van der Waals surface area contributed by atoms with Crippen LogP contribution in [0.3, 0.4) is 0 Å². The van der Waals surface area contributed by atoms with Gasteiger partial charge in [0.25, 0.3) is 0 Å². The molecule has 1 amide bonds. The minimum absolute atomic E-state index is 0.00477. The zero-order valence-electron chi connectivity index (χ0n) is 13.5. The average Bonchev–Trinajstić information content (AvgIpc) is 2.36. The van der Waals surface area contributed by atoms with Crippen LogP contribution in [-0.2, 0) is 4.74 Å². The lowest BCUT2D eigenvalue weighted by Gasteiger charge is -2.46. The highest BCUT2D eigenvalue weighted by Gasteiger charge is 2.42. The maximum Gasteiger partial charge on any atom is 0.410 e. The predicted octanol–water partition coefficient (Wildman–Crippen LogP) is 2.12. The summed E-state index contributed by atoms with van der Waals surface area (Å²) in [7, 11) is 1.77. The molecule has 0 saturated heterocycles. The van der Waals surface area contributed by atoms with Crippen molar-refractivity contribution in [3.63, 3.8) is 0 Å². The molecule has 0 radical (unpaired) electrons. The zero-order chi connectivity index (χ0) is 15.6. The number of nitrogens with zero attached hydrogens (tertiary/aromatic N) is 1. The second kappa shape index (κ2) is 6.31. The first-order valence-corrected chi connectivity index (χ1v) is 7.45. The largest absolute Gasteiger partial charge is 0.444 e. The summed E-state index contributed by atoms with van der Waals surface area (Å²) in [6, 6.07) is -0.00477. The number of carbonyl (C=O) groups is 1. The number of aliphatic hydroxyl groups excluding tert-OH is 1. The van der Waals surface area contributed by atoms with Crippen LogP contribution in [0, 0.1) is 5.41 Å². The van der Waals surface area contributed by atoms with E-state index >= 15 is 0 Å². The third-order valence-electron chi connectivity index (χ3n) is 4.51. The highest BCUT2D eigenvalue weighted by molar-refractivity contribution is 5.68. The summed E-state index contributed by atoms with van der Waals surface area (Å²) in [6.45, 7) is 8.12. The van der Waals surface area contributed by atoms with E-state index in [1.165, 1.54) is 0 Å². The lowest BCUT2D eigenvalue weighted by molar-refractivity contribution is -0.0123. The molecule has 5 heteroatoms. The number of nitrogens with two attached hydrogens (primary N) is 1. The van der Waals surface area contributed by atoms with Gasteiger partial charge in [-0.2, -0.15) is 0 Å². The summed E-state index contributed by atoms with van der Waals surface area (Å²) in [4.78, 5) is 13.8. The number of amides is 1. The highest BCUT2D eigenvalue weighted by Crippen LogP contribution is 2.40. The van der Waals surface area contributed by atoms with Gasteiger partial charge in [-0.25, -0.2) is 4.79 Å². The van der Waals surface area contributed by atoms with Crippen LogP contribution in [0.25, 0.3) is 0 Å². The van der Waals surface area contributed by atoms with E-state index in [4.69, 9.17) is 10.5 Å². The first-order chi connectivity index (χ1) is 9.11. The van der Waals surface area contributed by atoms with E-state index in [1.807, 2.05) is 27.7 Å². The second-order valence-electron chi connectivity index (χ2n) is 7.06. The summed E-state index contributed by atoms with van der Waals surface area (Å²) in [5.41, 5.74) is 5.37. The summed E-state index contributed by atoms with van der Waals surface area (Å²) in [5, 5.41) is 9.67. The molecule has 0 aromatic heterocycles. The van der Waals surface area contributed by atoms with Gasteiger partial charge in [-0.05, 0) is 59.9 Å². The Bertz CT molecular complexity index is 331. The van der Waals surface area contributed by atoms with Crippen LogP contribution in [0.5, 0.6) is 0 Å². The van der Waals surface area contributed by atoms with Crippen molar-refractivity contribution in [2.75, 3.05) is 13.6 Å². The van der Waals surface area contributed by atoms with E-state index in [1.54, 1.807) is 11.9 Å². The summed E-state index contributed by atoms with van der Waals surface area (Å²) in [6.07, 6.45) is 2.66. The Labute approximate surface area is 122 Å². The van der Waals surface area contributed by atoms with Gasteiger partial charge in [0, 0.05) is 18.5 Å². The molecule has 0 spiro atoms. The van der Waals surface area contributed by atoms with Crippen molar-refractivity contribution in [3.8, 4) is 0 Å². The van der Waals surface area contributed by atoms with Crippen molar-refractivity contribution < 1.29 is 14.6 Å². The van der Waals surface area contributed by atoms with Gasteiger partial charge in [-0.1, -0.05) is 0 Å². The van der Waals surface area contributed by atoms with Crippen LogP contribution in [0.4, 0.5) is 4.79 Å². The van der Waals surface area contributed by atoms with Gasteiger partial charge in [0.2, 0.25) is 0 Å². The highest BCUT2D eigenvalue weighted by atomic mass is 16.6. The molecular formula is C15H30N2O3. The molecule has 1 aliphatic carbocycles. The maximum atomic E-state index is 12.2. The third-order valence-corrected chi connectivity index (χ3v) is 4.51. The van der Waals surface area contributed by atoms with E-state index in [9.17, 15) is 9.90 Å². The summed E-state index contributed by atoms with van der Waals surface area (Å²) >= 11 is 0. The van der Waals surface area contributed by atoms with E-state index in [2.05, 4.69) is 0 Å². The lowest BCUT2D eigenvalue weighted by atomic mass is 9.68. The molecule has 5 nitrogen and oxygen atoms in total. The fourth-order valence-electron chi connectivity index (χ4n) is 2.87. The van der Waals surface area contributed by atoms with Crippen LogP contribution < -0.4 is 5.73 Å². The number of carbonyl (C=O) groups excluding carboxylic acids is 1. The van der Waals surface area contributed by atoms with Crippen molar-refractivity contribution in [1.82, 2.24) is 4.90 Å². The SMILES string of the molecule is CC(N(C)C(=O)OC(C)(C)C)C1(CN)CCC(O)CC1. The number of hydrogen-bond acceptors (Lipinski definition) is 4. The molecule has 0 aliphatic heterocycles. The molecule has 118 valence electrons. The van der Waals surface area contributed by atoms with Crippen molar-refractivity contribution in [2.24, 2.45) is 11.1 Å². The van der Waals surface area contributed by atoms with Gasteiger partial charge in [0.05, 0.1) is 6.10 Å².